The van der Waals surface area contributed by atoms with Gasteiger partial charge in [-0.3, -0.25) is 0 Å². The third-order valence-electron chi connectivity index (χ3n) is 2.53. The largest absolute Gasteiger partial charge is 0.390 e. The molecule has 1 rings (SSSR count). The molecular formula is C12H18O4. The smallest absolute Gasteiger partial charge is 0.105 e. The summed E-state index contributed by atoms with van der Waals surface area (Å²) in [4.78, 5) is 0. The molecule has 4 unspecified atom stereocenters. The van der Waals surface area contributed by atoms with E-state index >= 15 is 0 Å². The zero-order valence-electron chi connectivity index (χ0n) is 9.41. The molecule has 0 saturated carbocycles. The average molecular weight is 226 g/mol. The lowest BCUT2D eigenvalue weighted by Gasteiger charge is -2.17. The normalized spacial score (nSPS) is 18.9. The molecule has 4 N–H and O–H groups in total. The molecule has 0 amide bonds. The van der Waals surface area contributed by atoms with E-state index in [1.165, 1.54) is 13.8 Å². The van der Waals surface area contributed by atoms with Gasteiger partial charge in [0.05, 0.1) is 12.2 Å². The van der Waals surface area contributed by atoms with Gasteiger partial charge in [0.15, 0.2) is 0 Å². The molecule has 0 radical (unpaired) electrons. The quantitative estimate of drug-likeness (QED) is 0.603. The molecule has 1 aromatic carbocycles. The van der Waals surface area contributed by atoms with Gasteiger partial charge < -0.3 is 20.4 Å². The fourth-order valence-electron chi connectivity index (χ4n) is 1.45. The molecule has 1 aromatic rings. The van der Waals surface area contributed by atoms with Crippen molar-refractivity contribution >= 4 is 0 Å². The molecule has 0 aliphatic carbocycles. The van der Waals surface area contributed by atoms with Crippen molar-refractivity contribution in [2.45, 2.75) is 38.3 Å². The third kappa shape index (κ3) is 3.02. The monoisotopic (exact) mass is 226 g/mol. The second-order valence-electron chi connectivity index (χ2n) is 4.04. The van der Waals surface area contributed by atoms with E-state index in [0.29, 0.717) is 11.1 Å². The zero-order chi connectivity index (χ0) is 12.3. The van der Waals surface area contributed by atoms with Crippen LogP contribution in [0.5, 0.6) is 0 Å². The lowest BCUT2D eigenvalue weighted by Crippen LogP contribution is -2.15. The number of aliphatic hydroxyl groups excluding tert-OH is 4. The number of hydrogen-bond donors (Lipinski definition) is 4. The van der Waals surface area contributed by atoms with Crippen molar-refractivity contribution in [1.29, 1.82) is 0 Å². The Kier molecular flexibility index (Phi) is 4.44. The van der Waals surface area contributed by atoms with E-state index in [1.807, 2.05) is 0 Å². The highest BCUT2D eigenvalue weighted by Crippen LogP contribution is 2.21. The maximum Gasteiger partial charge on any atom is 0.105 e. The molecule has 0 aromatic heterocycles. The molecule has 0 aliphatic rings. The first-order valence-electron chi connectivity index (χ1n) is 5.25. The lowest BCUT2D eigenvalue weighted by molar-refractivity contribution is 0.0284. The summed E-state index contributed by atoms with van der Waals surface area (Å²) in [6.45, 7) is 3.01. The van der Waals surface area contributed by atoms with Crippen LogP contribution in [-0.2, 0) is 0 Å². The first-order valence-corrected chi connectivity index (χ1v) is 5.25. The summed E-state index contributed by atoms with van der Waals surface area (Å²) in [5, 5.41) is 37.6. The van der Waals surface area contributed by atoms with E-state index in [0.717, 1.165) is 0 Å². The third-order valence-corrected chi connectivity index (χ3v) is 2.53. The van der Waals surface area contributed by atoms with Gasteiger partial charge in [0.2, 0.25) is 0 Å². The van der Waals surface area contributed by atoms with Crippen molar-refractivity contribution < 1.29 is 20.4 Å². The molecule has 0 fully saturated rings. The van der Waals surface area contributed by atoms with Crippen LogP contribution in [-0.4, -0.2) is 32.6 Å². The molecule has 16 heavy (non-hydrogen) atoms. The van der Waals surface area contributed by atoms with Crippen molar-refractivity contribution in [3.8, 4) is 0 Å². The average Bonchev–Trinajstić information content (AvgIpc) is 2.27. The Labute approximate surface area is 94.8 Å². The van der Waals surface area contributed by atoms with E-state index in [1.54, 1.807) is 24.3 Å². The second-order valence-corrected chi connectivity index (χ2v) is 4.04. The van der Waals surface area contributed by atoms with Crippen molar-refractivity contribution in [2.75, 3.05) is 0 Å². The van der Waals surface area contributed by atoms with Gasteiger partial charge in [0.25, 0.3) is 0 Å². The highest BCUT2D eigenvalue weighted by atomic mass is 16.3. The fraction of sp³-hybridized carbons (Fsp3) is 0.500. The van der Waals surface area contributed by atoms with Crippen LogP contribution in [0, 0.1) is 0 Å². The standard InChI is InChI=1S/C12H18O4/c1-7(13)11(15)9-3-5-10(6-4-9)12(16)8(2)14/h3-8,11-16H,1-2H3. The van der Waals surface area contributed by atoms with Crippen LogP contribution in [0.4, 0.5) is 0 Å². The summed E-state index contributed by atoms with van der Waals surface area (Å²) < 4.78 is 0. The second kappa shape index (κ2) is 5.41. The number of benzene rings is 1. The Balaban J connectivity index is 2.83. The summed E-state index contributed by atoms with van der Waals surface area (Å²) in [6.07, 6.45) is -3.55. The van der Waals surface area contributed by atoms with E-state index < -0.39 is 24.4 Å². The Morgan fingerprint density at radius 3 is 1.12 bits per heavy atom. The lowest BCUT2D eigenvalue weighted by atomic mass is 10.00. The molecule has 0 spiro atoms. The van der Waals surface area contributed by atoms with E-state index in [4.69, 9.17) is 0 Å². The summed E-state index contributed by atoms with van der Waals surface area (Å²) in [6, 6.07) is 6.49. The molecular weight excluding hydrogens is 208 g/mol. The minimum atomic E-state index is -0.933. The molecule has 0 saturated heterocycles. The molecule has 4 nitrogen and oxygen atoms in total. The van der Waals surface area contributed by atoms with Crippen molar-refractivity contribution in [2.24, 2.45) is 0 Å². The topological polar surface area (TPSA) is 80.9 Å². The van der Waals surface area contributed by atoms with Gasteiger partial charge in [-0.2, -0.15) is 0 Å². The fourth-order valence-corrected chi connectivity index (χ4v) is 1.45. The Morgan fingerprint density at radius 1 is 0.688 bits per heavy atom. The maximum atomic E-state index is 9.57. The van der Waals surface area contributed by atoms with Gasteiger partial charge in [0.1, 0.15) is 12.2 Å². The van der Waals surface area contributed by atoms with Gasteiger partial charge >= 0.3 is 0 Å². The number of rotatable bonds is 4. The summed E-state index contributed by atoms with van der Waals surface area (Å²) >= 11 is 0. The highest BCUT2D eigenvalue weighted by Gasteiger charge is 2.16. The van der Waals surface area contributed by atoms with Crippen molar-refractivity contribution in [1.82, 2.24) is 0 Å². The van der Waals surface area contributed by atoms with Crippen LogP contribution in [0.25, 0.3) is 0 Å². The molecule has 4 atom stereocenters. The van der Waals surface area contributed by atoms with Crippen LogP contribution in [0.2, 0.25) is 0 Å². The van der Waals surface area contributed by atoms with E-state index in [9.17, 15) is 20.4 Å². The predicted octanol–water partition coefficient (Wildman–Crippen LogP) is 0.515. The molecule has 0 aliphatic heterocycles. The van der Waals surface area contributed by atoms with Crippen LogP contribution in [0.3, 0.4) is 0 Å². The number of aliphatic hydroxyl groups is 4. The maximum absolute atomic E-state index is 9.57. The summed E-state index contributed by atoms with van der Waals surface area (Å²) in [5.41, 5.74) is 1.16. The van der Waals surface area contributed by atoms with Crippen LogP contribution in [0.1, 0.15) is 37.2 Å². The predicted molar refractivity (Wildman–Crippen MR) is 59.7 cm³/mol. The Bertz CT molecular complexity index is 285. The van der Waals surface area contributed by atoms with E-state index in [-0.39, 0.29) is 0 Å². The molecule has 4 heteroatoms. The summed E-state index contributed by atoms with van der Waals surface area (Å²) in [7, 11) is 0. The van der Waals surface area contributed by atoms with Crippen molar-refractivity contribution in [3.63, 3.8) is 0 Å². The summed E-state index contributed by atoms with van der Waals surface area (Å²) in [5.74, 6) is 0. The molecule has 0 bridgehead atoms. The van der Waals surface area contributed by atoms with E-state index in [2.05, 4.69) is 0 Å². The van der Waals surface area contributed by atoms with Crippen LogP contribution >= 0.6 is 0 Å². The first-order chi connectivity index (χ1) is 7.43. The zero-order valence-corrected chi connectivity index (χ0v) is 9.41. The van der Waals surface area contributed by atoms with Gasteiger partial charge in [-0.15, -0.1) is 0 Å². The van der Waals surface area contributed by atoms with Gasteiger partial charge in [-0.1, -0.05) is 24.3 Å². The van der Waals surface area contributed by atoms with Gasteiger partial charge in [0, 0.05) is 0 Å². The number of hydrogen-bond acceptors (Lipinski definition) is 4. The highest BCUT2D eigenvalue weighted by molar-refractivity contribution is 5.26. The molecule has 0 heterocycles. The SMILES string of the molecule is CC(O)C(O)c1ccc(C(O)C(C)O)cc1. The minimum Gasteiger partial charge on any atom is -0.390 e. The van der Waals surface area contributed by atoms with Gasteiger partial charge in [-0.05, 0) is 25.0 Å². The van der Waals surface area contributed by atoms with Gasteiger partial charge in [-0.25, -0.2) is 0 Å². The minimum absolute atomic E-state index is 0.580. The Morgan fingerprint density at radius 2 is 0.938 bits per heavy atom. The Hall–Kier alpha value is -0.940. The van der Waals surface area contributed by atoms with Crippen LogP contribution < -0.4 is 0 Å². The molecule has 90 valence electrons. The van der Waals surface area contributed by atoms with Crippen molar-refractivity contribution in [3.05, 3.63) is 35.4 Å². The first kappa shape index (κ1) is 13.1. The van der Waals surface area contributed by atoms with Crippen LogP contribution in [0.15, 0.2) is 24.3 Å².